The number of rotatable bonds is 6. The van der Waals surface area contributed by atoms with E-state index in [0.29, 0.717) is 11.6 Å². The molecule has 0 aliphatic rings. The van der Waals surface area contributed by atoms with Gasteiger partial charge >= 0.3 is 0 Å². The summed E-state index contributed by atoms with van der Waals surface area (Å²) in [7, 11) is 3.96. The molecule has 0 heterocycles. The van der Waals surface area contributed by atoms with Gasteiger partial charge in [0.15, 0.2) is 0 Å². The number of methoxy groups -OCH3 is 1. The van der Waals surface area contributed by atoms with Gasteiger partial charge in [-0.3, -0.25) is 0 Å². The minimum Gasteiger partial charge on any atom is -0.377 e. The number of hydrogen-bond donors (Lipinski definition) is 2. The first-order valence-corrected chi connectivity index (χ1v) is 6.00. The molecule has 0 N–H and O–H groups in total. The van der Waals surface area contributed by atoms with Crippen molar-refractivity contribution in [2.75, 3.05) is 12.9 Å². The van der Waals surface area contributed by atoms with Crippen LogP contribution in [0.4, 0.5) is 0 Å². The predicted octanol–water partition coefficient (Wildman–Crippen LogP) is 1.84. The number of hydrogen-bond acceptors (Lipinski definition) is 3. The van der Waals surface area contributed by atoms with E-state index in [4.69, 9.17) is 4.74 Å². The second-order valence-corrected chi connectivity index (χ2v) is 4.76. The van der Waals surface area contributed by atoms with Crippen molar-refractivity contribution in [3.8, 4) is 0 Å². The van der Waals surface area contributed by atoms with E-state index in [1.165, 1.54) is 12.8 Å². The molecule has 0 spiro atoms. The Hall–Kier alpha value is 0.725. The van der Waals surface area contributed by atoms with Crippen molar-refractivity contribution in [2.45, 2.75) is 43.4 Å². The van der Waals surface area contributed by atoms with Crippen molar-refractivity contribution in [1.82, 2.24) is 0 Å². The smallest absolute Gasteiger partial charge is 0.106 e. The third-order valence-electron chi connectivity index (χ3n) is 2.69. The summed E-state index contributed by atoms with van der Waals surface area (Å²) in [6.07, 6.45) is 2.39. The molecule has 13 heavy (non-hydrogen) atoms. The van der Waals surface area contributed by atoms with Crippen LogP contribution in [0.2, 0.25) is 5.82 Å². The molecule has 3 unspecified atom stereocenters. The van der Waals surface area contributed by atoms with Gasteiger partial charge in [-0.1, -0.05) is 25.6 Å². The van der Waals surface area contributed by atoms with Crippen molar-refractivity contribution >= 4 is 33.1 Å². The quantitative estimate of drug-likeness (QED) is 0.513. The zero-order chi connectivity index (χ0) is 10.5. The summed E-state index contributed by atoms with van der Waals surface area (Å²) >= 11 is 8.94. The highest BCUT2D eigenvalue weighted by molar-refractivity contribution is 7.81. The third-order valence-corrected chi connectivity index (χ3v) is 4.37. The van der Waals surface area contributed by atoms with Crippen LogP contribution in [0.25, 0.3) is 0 Å². The summed E-state index contributed by atoms with van der Waals surface area (Å²) < 4.78 is 5.46. The van der Waals surface area contributed by atoms with Gasteiger partial charge in [0.2, 0.25) is 0 Å². The summed E-state index contributed by atoms with van der Waals surface area (Å²) in [6.45, 7) is 4.27. The fourth-order valence-corrected chi connectivity index (χ4v) is 2.31. The minimum atomic E-state index is -0.208. The number of ether oxygens (including phenoxy) is 1. The van der Waals surface area contributed by atoms with E-state index < -0.39 is 0 Å². The average molecular weight is 220 g/mol. The number of thiol groups is 2. The molecule has 1 nitrogen and oxygen atoms in total. The summed E-state index contributed by atoms with van der Waals surface area (Å²) in [6, 6.07) is 0. The van der Waals surface area contributed by atoms with Crippen LogP contribution in [-0.2, 0) is 4.74 Å². The zero-order valence-electron chi connectivity index (χ0n) is 9.08. The van der Waals surface area contributed by atoms with Gasteiger partial charge in [0.25, 0.3) is 0 Å². The van der Waals surface area contributed by atoms with E-state index >= 15 is 0 Å². The average Bonchev–Trinajstić information content (AvgIpc) is 2.16. The Morgan fingerprint density at radius 2 is 2.08 bits per heavy atom. The van der Waals surface area contributed by atoms with Gasteiger partial charge in [0, 0.05) is 18.1 Å². The highest BCUT2D eigenvalue weighted by Gasteiger charge is 2.33. The molecule has 3 atom stereocenters. The van der Waals surface area contributed by atoms with Crippen molar-refractivity contribution in [2.24, 2.45) is 0 Å². The summed E-state index contributed by atoms with van der Waals surface area (Å²) in [5, 5.41) is 0.259. The first kappa shape index (κ1) is 13.7. The van der Waals surface area contributed by atoms with Gasteiger partial charge in [0.1, 0.15) is 7.85 Å². The fourth-order valence-electron chi connectivity index (χ4n) is 1.49. The van der Waals surface area contributed by atoms with Crippen molar-refractivity contribution in [3.05, 3.63) is 0 Å². The molecule has 0 aliphatic heterocycles. The van der Waals surface area contributed by atoms with Crippen LogP contribution in [0, 0.1) is 0 Å². The van der Waals surface area contributed by atoms with E-state index in [0.717, 1.165) is 0 Å². The first-order valence-electron chi connectivity index (χ1n) is 4.86. The van der Waals surface area contributed by atoms with Gasteiger partial charge in [-0.2, -0.15) is 25.3 Å². The third kappa shape index (κ3) is 3.76. The first-order chi connectivity index (χ1) is 6.01. The van der Waals surface area contributed by atoms with Crippen LogP contribution in [-0.4, -0.2) is 31.6 Å². The van der Waals surface area contributed by atoms with Crippen molar-refractivity contribution in [3.63, 3.8) is 0 Å². The molecule has 0 bridgehead atoms. The van der Waals surface area contributed by atoms with Crippen LogP contribution >= 0.6 is 25.3 Å². The van der Waals surface area contributed by atoms with E-state index in [1.54, 1.807) is 7.11 Å². The van der Waals surface area contributed by atoms with Crippen molar-refractivity contribution < 1.29 is 4.74 Å². The Morgan fingerprint density at radius 3 is 2.38 bits per heavy atom. The lowest BCUT2D eigenvalue weighted by Gasteiger charge is -2.36. The Bertz CT molecular complexity index is 140. The maximum atomic E-state index is 5.46. The normalized spacial score (nSPS) is 20.7. The van der Waals surface area contributed by atoms with Crippen LogP contribution in [0.1, 0.15) is 26.7 Å². The standard InChI is InChI=1S/C9H21BOS2/c1-4-5-7(10)8(13)9(2,6-12)11-3/h7-8,12-13H,4-6,10H2,1-3H3. The lowest BCUT2D eigenvalue weighted by molar-refractivity contribution is 0.0242. The molecular weight excluding hydrogens is 199 g/mol. The second-order valence-electron chi connectivity index (χ2n) is 3.89. The lowest BCUT2D eigenvalue weighted by atomic mass is 9.75. The maximum Gasteiger partial charge on any atom is 0.106 e. The van der Waals surface area contributed by atoms with Crippen LogP contribution in [0.3, 0.4) is 0 Å². The molecule has 0 aliphatic carbocycles. The molecule has 4 heteroatoms. The molecule has 0 aromatic rings. The van der Waals surface area contributed by atoms with Gasteiger partial charge in [0.05, 0.1) is 5.60 Å². The monoisotopic (exact) mass is 220 g/mol. The van der Waals surface area contributed by atoms with Crippen molar-refractivity contribution in [1.29, 1.82) is 0 Å². The van der Waals surface area contributed by atoms with E-state index in [-0.39, 0.29) is 10.9 Å². The Labute approximate surface area is 94.2 Å². The largest absolute Gasteiger partial charge is 0.377 e. The Kier molecular flexibility index (Phi) is 6.60. The maximum absolute atomic E-state index is 5.46. The molecule has 0 radical (unpaired) electrons. The Balaban J connectivity index is 4.27. The molecule has 0 saturated heterocycles. The lowest BCUT2D eigenvalue weighted by Crippen LogP contribution is -2.42. The summed E-state index contributed by atoms with van der Waals surface area (Å²) in [4.78, 5) is 0. The Morgan fingerprint density at radius 1 is 1.54 bits per heavy atom. The highest BCUT2D eigenvalue weighted by Crippen LogP contribution is 2.31. The van der Waals surface area contributed by atoms with Crippen LogP contribution in [0.15, 0.2) is 0 Å². The SMILES string of the molecule is BC(CCC)C(S)C(C)(CS)OC. The van der Waals surface area contributed by atoms with Gasteiger partial charge in [-0.25, -0.2) is 0 Å². The summed E-state index contributed by atoms with van der Waals surface area (Å²) in [5.74, 6) is 1.29. The second kappa shape index (κ2) is 6.25. The van der Waals surface area contributed by atoms with Gasteiger partial charge in [-0.05, 0) is 6.92 Å². The molecule has 78 valence electrons. The van der Waals surface area contributed by atoms with E-state index in [9.17, 15) is 0 Å². The van der Waals surface area contributed by atoms with Gasteiger partial charge < -0.3 is 4.74 Å². The predicted molar refractivity (Wildman–Crippen MR) is 69.2 cm³/mol. The van der Waals surface area contributed by atoms with E-state index in [2.05, 4.69) is 47.0 Å². The fraction of sp³-hybridized carbons (Fsp3) is 1.00. The highest BCUT2D eigenvalue weighted by atomic mass is 32.1. The zero-order valence-corrected chi connectivity index (χ0v) is 10.9. The molecule has 0 rings (SSSR count). The molecular formula is C9H21BOS2. The van der Waals surface area contributed by atoms with E-state index in [1.807, 2.05) is 0 Å². The summed E-state index contributed by atoms with van der Waals surface area (Å²) in [5.41, 5.74) is -0.208. The molecule has 0 aromatic carbocycles. The molecule has 0 aromatic heterocycles. The van der Waals surface area contributed by atoms with Crippen LogP contribution < -0.4 is 0 Å². The molecule has 0 saturated carbocycles. The topological polar surface area (TPSA) is 9.23 Å². The van der Waals surface area contributed by atoms with Crippen LogP contribution in [0.5, 0.6) is 0 Å². The molecule has 0 amide bonds. The van der Waals surface area contributed by atoms with Gasteiger partial charge in [-0.15, -0.1) is 0 Å². The minimum absolute atomic E-state index is 0.208. The molecule has 0 fully saturated rings.